The number of carbonyl (C=O) groups is 1. The SMILES string of the molecule is C=C(COCCC(F)(F)C(F)(F)S(=O)(=O)[O-])C(=O)Oc1cccc2[nH]c(=O)oc12. The Morgan fingerprint density at radius 3 is 2.55 bits per heavy atom. The van der Waals surface area contributed by atoms with Gasteiger partial charge in [-0.05, 0) is 12.1 Å². The molecule has 14 heteroatoms. The number of aromatic nitrogens is 1. The number of fused-ring (bicyclic) bond motifs is 1. The largest absolute Gasteiger partial charge is 0.743 e. The van der Waals surface area contributed by atoms with Crippen molar-refractivity contribution >= 4 is 27.2 Å². The minimum Gasteiger partial charge on any atom is -0.743 e. The molecule has 0 saturated heterocycles. The summed E-state index contributed by atoms with van der Waals surface area (Å²) in [6.07, 6.45) is -1.81. The van der Waals surface area contributed by atoms with Crippen LogP contribution < -0.4 is 10.5 Å². The molecule has 9 nitrogen and oxygen atoms in total. The van der Waals surface area contributed by atoms with Crippen molar-refractivity contribution in [3.63, 3.8) is 0 Å². The Bertz CT molecular complexity index is 1090. The van der Waals surface area contributed by atoms with Crippen molar-refractivity contribution in [3.8, 4) is 5.75 Å². The Hall–Kier alpha value is -2.71. The lowest BCUT2D eigenvalue weighted by Crippen LogP contribution is -2.47. The van der Waals surface area contributed by atoms with E-state index in [0.717, 1.165) is 0 Å². The lowest BCUT2D eigenvalue weighted by Gasteiger charge is -2.28. The van der Waals surface area contributed by atoms with Crippen LogP contribution in [0.3, 0.4) is 0 Å². The van der Waals surface area contributed by atoms with Crippen molar-refractivity contribution in [1.29, 1.82) is 0 Å². The van der Waals surface area contributed by atoms with Crippen LogP contribution in [0.4, 0.5) is 17.6 Å². The monoisotopic (exact) mass is 442 g/mol. The van der Waals surface area contributed by atoms with Crippen LogP contribution in [0.25, 0.3) is 11.1 Å². The molecule has 0 unspecified atom stereocenters. The molecule has 0 aliphatic rings. The summed E-state index contributed by atoms with van der Waals surface area (Å²) in [7, 11) is -6.59. The molecule has 0 fully saturated rings. The number of benzene rings is 1. The highest BCUT2D eigenvalue weighted by atomic mass is 32.2. The van der Waals surface area contributed by atoms with E-state index in [9.17, 15) is 40.1 Å². The number of nitrogens with one attached hydrogen (secondary N) is 1. The van der Waals surface area contributed by atoms with E-state index in [4.69, 9.17) is 9.15 Å². The molecule has 0 bridgehead atoms. The van der Waals surface area contributed by atoms with Crippen LogP contribution in [0.5, 0.6) is 5.75 Å². The molecular weight excluding hydrogens is 430 g/mol. The maximum atomic E-state index is 13.3. The van der Waals surface area contributed by atoms with Crippen molar-refractivity contribution < 1.29 is 49.2 Å². The fourth-order valence-electron chi connectivity index (χ4n) is 1.98. The van der Waals surface area contributed by atoms with Gasteiger partial charge in [0.1, 0.15) is 0 Å². The Kier molecular flexibility index (Phi) is 6.20. The lowest BCUT2D eigenvalue weighted by atomic mass is 10.2. The first-order chi connectivity index (χ1) is 13.3. The average molecular weight is 442 g/mol. The zero-order chi connectivity index (χ0) is 22.0. The van der Waals surface area contributed by atoms with Crippen LogP contribution in [0.2, 0.25) is 0 Å². The smallest absolute Gasteiger partial charge is 0.417 e. The van der Waals surface area contributed by atoms with Gasteiger partial charge >= 0.3 is 22.9 Å². The Labute approximate surface area is 159 Å². The maximum Gasteiger partial charge on any atom is 0.417 e. The second kappa shape index (κ2) is 7.96. The highest BCUT2D eigenvalue weighted by Gasteiger charge is 2.61. The zero-order valence-corrected chi connectivity index (χ0v) is 15.1. The molecule has 0 radical (unpaired) electrons. The van der Waals surface area contributed by atoms with Crippen LogP contribution in [-0.4, -0.2) is 48.3 Å². The number of para-hydroxylation sites is 1. The standard InChI is InChI=1S/C15H13F4NO8S/c1-8(7-26-6-5-14(16,17)15(18,19)29(23,24)25)12(21)27-10-4-2-3-9-11(10)28-13(22)20-9/h2-4H,1,5-7H2,(H,20,22)(H,23,24,25)/p-1. The Balaban J connectivity index is 1.91. The van der Waals surface area contributed by atoms with E-state index in [1.54, 1.807) is 0 Å². The van der Waals surface area contributed by atoms with Crippen molar-refractivity contribution in [2.75, 3.05) is 13.2 Å². The molecular formula is C15H12F4NO8S-. The molecule has 29 heavy (non-hydrogen) atoms. The highest BCUT2D eigenvalue weighted by Crippen LogP contribution is 2.40. The van der Waals surface area contributed by atoms with Crippen molar-refractivity contribution in [1.82, 2.24) is 4.98 Å². The molecule has 0 saturated carbocycles. The van der Waals surface area contributed by atoms with Gasteiger partial charge in [-0.2, -0.15) is 17.6 Å². The van der Waals surface area contributed by atoms with Crippen molar-refractivity contribution in [2.24, 2.45) is 0 Å². The molecule has 0 amide bonds. The van der Waals surface area contributed by atoms with E-state index in [1.165, 1.54) is 18.2 Å². The van der Waals surface area contributed by atoms with Crippen LogP contribution in [0.15, 0.2) is 39.6 Å². The number of aromatic amines is 1. The molecule has 2 aromatic rings. The molecule has 0 aliphatic heterocycles. The summed E-state index contributed by atoms with van der Waals surface area (Å²) in [6, 6.07) is 4.19. The second-order valence-corrected chi connectivity index (χ2v) is 7.04. The molecule has 1 aromatic heterocycles. The van der Waals surface area contributed by atoms with E-state index in [1.807, 2.05) is 0 Å². The molecule has 2 rings (SSSR count). The van der Waals surface area contributed by atoms with Gasteiger partial charge in [-0.1, -0.05) is 12.6 Å². The van der Waals surface area contributed by atoms with Crippen LogP contribution in [0.1, 0.15) is 6.42 Å². The van der Waals surface area contributed by atoms with Gasteiger partial charge in [0.15, 0.2) is 21.5 Å². The molecule has 1 heterocycles. The van der Waals surface area contributed by atoms with Gasteiger partial charge in [0, 0.05) is 6.42 Å². The molecule has 0 spiro atoms. The number of halogens is 4. The number of alkyl halides is 4. The third-order valence-electron chi connectivity index (χ3n) is 3.48. The summed E-state index contributed by atoms with van der Waals surface area (Å²) in [4.78, 5) is 25.4. The first kappa shape index (κ1) is 22.6. The van der Waals surface area contributed by atoms with Crippen LogP contribution in [-0.2, 0) is 19.6 Å². The first-order valence-electron chi connectivity index (χ1n) is 7.57. The summed E-state index contributed by atoms with van der Waals surface area (Å²) in [5.74, 6) is -7.24. The third kappa shape index (κ3) is 4.83. The van der Waals surface area contributed by atoms with E-state index in [-0.39, 0.29) is 16.8 Å². The summed E-state index contributed by atoms with van der Waals surface area (Å²) in [5.41, 5.74) is -0.245. The molecule has 1 aromatic carbocycles. The average Bonchev–Trinajstić information content (AvgIpc) is 2.98. The summed E-state index contributed by atoms with van der Waals surface area (Å²) in [5, 5.41) is -5.82. The maximum absolute atomic E-state index is 13.3. The first-order valence-corrected chi connectivity index (χ1v) is 8.98. The molecule has 1 N–H and O–H groups in total. The predicted molar refractivity (Wildman–Crippen MR) is 86.6 cm³/mol. The van der Waals surface area contributed by atoms with E-state index >= 15 is 0 Å². The van der Waals surface area contributed by atoms with Gasteiger partial charge in [0.2, 0.25) is 0 Å². The third-order valence-corrected chi connectivity index (χ3v) is 4.40. The number of oxazole rings is 1. The van der Waals surface area contributed by atoms with Crippen molar-refractivity contribution in [2.45, 2.75) is 17.6 Å². The molecule has 0 aliphatic carbocycles. The quantitative estimate of drug-likeness (QED) is 0.155. The number of rotatable bonds is 9. The molecule has 160 valence electrons. The van der Waals surface area contributed by atoms with Crippen LogP contribution in [0, 0.1) is 0 Å². The van der Waals surface area contributed by atoms with E-state index in [2.05, 4.69) is 16.3 Å². The fraction of sp³-hybridized carbons (Fsp3) is 0.333. The van der Waals surface area contributed by atoms with Gasteiger partial charge in [-0.3, -0.25) is 4.98 Å². The van der Waals surface area contributed by atoms with Crippen molar-refractivity contribution in [3.05, 3.63) is 40.9 Å². The number of esters is 1. The number of ether oxygens (including phenoxy) is 2. The van der Waals surface area contributed by atoms with Gasteiger partial charge in [0.25, 0.3) is 0 Å². The number of hydrogen-bond donors (Lipinski definition) is 1. The minimum atomic E-state index is -6.59. The summed E-state index contributed by atoms with van der Waals surface area (Å²) >= 11 is 0. The Morgan fingerprint density at radius 2 is 1.93 bits per heavy atom. The Morgan fingerprint density at radius 1 is 1.28 bits per heavy atom. The van der Waals surface area contributed by atoms with Crippen LogP contribution >= 0.6 is 0 Å². The van der Waals surface area contributed by atoms with E-state index in [0.29, 0.717) is 0 Å². The van der Waals surface area contributed by atoms with Gasteiger partial charge in [-0.15, -0.1) is 0 Å². The predicted octanol–water partition coefficient (Wildman–Crippen LogP) is 1.76. The van der Waals surface area contributed by atoms with Gasteiger partial charge < -0.3 is 18.4 Å². The lowest BCUT2D eigenvalue weighted by molar-refractivity contribution is -0.170. The highest BCUT2D eigenvalue weighted by molar-refractivity contribution is 7.86. The molecule has 0 atom stereocenters. The topological polar surface area (TPSA) is 139 Å². The summed E-state index contributed by atoms with van der Waals surface area (Å²) in [6.45, 7) is 1.43. The zero-order valence-electron chi connectivity index (χ0n) is 14.2. The number of carbonyl (C=O) groups excluding carboxylic acids is 1. The van der Waals surface area contributed by atoms with E-state index < -0.39 is 58.2 Å². The summed E-state index contributed by atoms with van der Waals surface area (Å²) < 4.78 is 97.6. The number of hydrogen-bond acceptors (Lipinski definition) is 8. The number of H-pyrrole nitrogens is 1. The minimum absolute atomic E-state index is 0.0692. The normalized spacial score (nSPS) is 12.9. The van der Waals surface area contributed by atoms with Gasteiger partial charge in [0.05, 0.1) is 24.3 Å². The van der Waals surface area contributed by atoms with Gasteiger partial charge in [-0.25, -0.2) is 18.0 Å². The second-order valence-electron chi connectivity index (χ2n) is 5.62. The fourth-order valence-corrected chi connectivity index (χ4v) is 2.45.